The van der Waals surface area contributed by atoms with E-state index >= 15 is 0 Å². The highest BCUT2D eigenvalue weighted by atomic mass is 16.1. The van der Waals surface area contributed by atoms with Crippen LogP contribution in [0.4, 0.5) is 5.69 Å². The van der Waals surface area contributed by atoms with Crippen molar-refractivity contribution < 1.29 is 4.79 Å². The number of aromatic nitrogens is 3. The van der Waals surface area contributed by atoms with Gasteiger partial charge in [-0.2, -0.15) is 0 Å². The van der Waals surface area contributed by atoms with Gasteiger partial charge < -0.3 is 5.32 Å². The van der Waals surface area contributed by atoms with Gasteiger partial charge in [0, 0.05) is 12.6 Å². The maximum Gasteiger partial charge on any atom is 0.221 e. The average molecular weight is 216 g/mol. The summed E-state index contributed by atoms with van der Waals surface area (Å²) >= 11 is 0. The summed E-state index contributed by atoms with van der Waals surface area (Å²) in [6.07, 6.45) is 1.70. The van der Waals surface area contributed by atoms with Crippen molar-refractivity contribution in [1.82, 2.24) is 15.0 Å². The minimum atomic E-state index is -0.0790. The van der Waals surface area contributed by atoms with Crippen LogP contribution in [0.1, 0.15) is 12.6 Å². The highest BCUT2D eigenvalue weighted by molar-refractivity contribution is 5.88. The van der Waals surface area contributed by atoms with E-state index in [0.29, 0.717) is 0 Å². The predicted molar refractivity (Wildman–Crippen MR) is 60.4 cm³/mol. The first kappa shape index (κ1) is 10.4. The lowest BCUT2D eigenvalue weighted by Crippen LogP contribution is -2.06. The second-order valence-electron chi connectivity index (χ2n) is 3.52. The maximum atomic E-state index is 10.8. The van der Waals surface area contributed by atoms with Gasteiger partial charge >= 0.3 is 0 Å². The molecule has 0 spiro atoms. The first-order chi connectivity index (χ1) is 7.66. The molecule has 5 heteroatoms. The van der Waals surface area contributed by atoms with Crippen LogP contribution >= 0.6 is 0 Å². The van der Waals surface area contributed by atoms with Gasteiger partial charge in [-0.3, -0.25) is 4.79 Å². The van der Waals surface area contributed by atoms with Crippen molar-refractivity contribution in [2.75, 3.05) is 5.32 Å². The molecule has 5 nitrogen and oxygen atoms in total. The van der Waals surface area contributed by atoms with E-state index in [1.165, 1.54) is 6.92 Å². The Kier molecular flexibility index (Phi) is 2.68. The molecule has 0 aliphatic rings. The molecule has 0 saturated carbocycles. The Morgan fingerprint density at radius 1 is 1.31 bits per heavy atom. The van der Waals surface area contributed by atoms with Gasteiger partial charge in [0.05, 0.1) is 17.6 Å². The van der Waals surface area contributed by atoms with Gasteiger partial charge in [0.25, 0.3) is 0 Å². The van der Waals surface area contributed by atoms with Crippen LogP contribution in [-0.4, -0.2) is 20.9 Å². The Hall–Kier alpha value is -2.17. The number of nitrogens with zero attached hydrogens (tertiary/aromatic N) is 3. The van der Waals surface area contributed by atoms with Crippen molar-refractivity contribution in [3.8, 4) is 5.69 Å². The first-order valence-corrected chi connectivity index (χ1v) is 4.92. The summed E-state index contributed by atoms with van der Waals surface area (Å²) in [6, 6.07) is 7.43. The molecule has 0 radical (unpaired) electrons. The summed E-state index contributed by atoms with van der Waals surface area (Å²) in [5, 5.41) is 10.5. The van der Waals surface area contributed by atoms with Crippen molar-refractivity contribution in [2.45, 2.75) is 13.8 Å². The van der Waals surface area contributed by atoms with Crippen LogP contribution in [0.2, 0.25) is 0 Å². The number of nitrogens with one attached hydrogen (secondary N) is 1. The number of rotatable bonds is 2. The highest BCUT2D eigenvalue weighted by Gasteiger charge is 2.02. The molecule has 0 saturated heterocycles. The summed E-state index contributed by atoms with van der Waals surface area (Å²) in [5.41, 5.74) is 2.66. The van der Waals surface area contributed by atoms with Crippen LogP contribution in [0, 0.1) is 6.92 Å². The van der Waals surface area contributed by atoms with E-state index in [9.17, 15) is 4.79 Å². The van der Waals surface area contributed by atoms with E-state index in [-0.39, 0.29) is 5.91 Å². The fourth-order valence-corrected chi connectivity index (χ4v) is 1.43. The van der Waals surface area contributed by atoms with Crippen LogP contribution in [-0.2, 0) is 4.79 Å². The first-order valence-electron chi connectivity index (χ1n) is 4.92. The predicted octanol–water partition coefficient (Wildman–Crippen LogP) is 1.53. The minimum absolute atomic E-state index is 0.0790. The van der Waals surface area contributed by atoms with Gasteiger partial charge in [-0.1, -0.05) is 5.21 Å². The third-order valence-corrected chi connectivity index (χ3v) is 2.15. The molecule has 1 heterocycles. The molecule has 0 unspecified atom stereocenters. The molecule has 2 aromatic rings. The largest absolute Gasteiger partial charge is 0.326 e. The van der Waals surface area contributed by atoms with Crippen LogP contribution in [0.15, 0.2) is 30.5 Å². The van der Waals surface area contributed by atoms with E-state index in [2.05, 4.69) is 15.6 Å². The lowest BCUT2D eigenvalue weighted by molar-refractivity contribution is -0.114. The van der Waals surface area contributed by atoms with E-state index in [4.69, 9.17) is 0 Å². The number of carbonyl (C=O) groups is 1. The van der Waals surface area contributed by atoms with E-state index in [1.807, 2.05) is 31.2 Å². The molecular weight excluding hydrogens is 204 g/mol. The van der Waals surface area contributed by atoms with Gasteiger partial charge in [0.1, 0.15) is 0 Å². The summed E-state index contributed by atoms with van der Waals surface area (Å²) in [6.45, 7) is 3.41. The van der Waals surface area contributed by atoms with E-state index in [1.54, 1.807) is 10.9 Å². The molecule has 0 aliphatic heterocycles. The smallest absolute Gasteiger partial charge is 0.221 e. The topological polar surface area (TPSA) is 59.8 Å². The molecule has 0 aliphatic carbocycles. The molecule has 0 atom stereocenters. The zero-order valence-electron chi connectivity index (χ0n) is 9.14. The fraction of sp³-hybridized carbons (Fsp3) is 0.182. The lowest BCUT2D eigenvalue weighted by atomic mass is 10.2. The number of benzene rings is 1. The second-order valence-corrected chi connectivity index (χ2v) is 3.52. The minimum Gasteiger partial charge on any atom is -0.326 e. The van der Waals surface area contributed by atoms with Gasteiger partial charge in [-0.25, -0.2) is 4.68 Å². The molecule has 0 fully saturated rings. The third kappa shape index (κ3) is 2.08. The SMILES string of the molecule is CC(=O)Nc1ccc(-n2nncc2C)cc1. The number of hydrogen-bond acceptors (Lipinski definition) is 3. The lowest BCUT2D eigenvalue weighted by Gasteiger charge is -2.05. The van der Waals surface area contributed by atoms with Crippen molar-refractivity contribution in [3.63, 3.8) is 0 Å². The molecule has 0 bridgehead atoms. The quantitative estimate of drug-likeness (QED) is 0.828. The summed E-state index contributed by atoms with van der Waals surface area (Å²) in [5.74, 6) is -0.0790. The number of amides is 1. The van der Waals surface area contributed by atoms with E-state index in [0.717, 1.165) is 17.1 Å². The summed E-state index contributed by atoms with van der Waals surface area (Å²) < 4.78 is 1.73. The Bertz CT molecular complexity index is 501. The zero-order chi connectivity index (χ0) is 11.5. The van der Waals surface area contributed by atoms with Crippen molar-refractivity contribution in [1.29, 1.82) is 0 Å². The van der Waals surface area contributed by atoms with Crippen LogP contribution in [0.3, 0.4) is 0 Å². The van der Waals surface area contributed by atoms with Gasteiger partial charge in [-0.05, 0) is 31.2 Å². The molecule has 1 aromatic carbocycles. The number of aryl methyl sites for hydroxylation is 1. The molecule has 1 aromatic heterocycles. The Balaban J connectivity index is 2.26. The van der Waals surface area contributed by atoms with Gasteiger partial charge in [0.15, 0.2) is 0 Å². The Morgan fingerprint density at radius 3 is 2.50 bits per heavy atom. The maximum absolute atomic E-state index is 10.8. The number of hydrogen-bond donors (Lipinski definition) is 1. The molecule has 1 N–H and O–H groups in total. The molecule has 82 valence electrons. The number of carbonyl (C=O) groups excluding carboxylic acids is 1. The highest BCUT2D eigenvalue weighted by Crippen LogP contribution is 2.13. The van der Waals surface area contributed by atoms with Crippen LogP contribution in [0.25, 0.3) is 5.69 Å². The molecular formula is C11H12N4O. The monoisotopic (exact) mass is 216 g/mol. The zero-order valence-corrected chi connectivity index (χ0v) is 9.14. The van der Waals surface area contributed by atoms with Gasteiger partial charge in [0.2, 0.25) is 5.91 Å². The average Bonchev–Trinajstić information content (AvgIpc) is 2.65. The summed E-state index contributed by atoms with van der Waals surface area (Å²) in [7, 11) is 0. The molecule has 16 heavy (non-hydrogen) atoms. The molecule has 1 amide bonds. The summed E-state index contributed by atoms with van der Waals surface area (Å²) in [4.78, 5) is 10.8. The fourth-order valence-electron chi connectivity index (χ4n) is 1.43. The van der Waals surface area contributed by atoms with Crippen molar-refractivity contribution in [2.24, 2.45) is 0 Å². The van der Waals surface area contributed by atoms with Crippen LogP contribution in [0.5, 0.6) is 0 Å². The third-order valence-electron chi connectivity index (χ3n) is 2.15. The van der Waals surface area contributed by atoms with Crippen molar-refractivity contribution >= 4 is 11.6 Å². The van der Waals surface area contributed by atoms with Crippen molar-refractivity contribution in [3.05, 3.63) is 36.2 Å². The van der Waals surface area contributed by atoms with Crippen LogP contribution < -0.4 is 5.32 Å². The van der Waals surface area contributed by atoms with E-state index < -0.39 is 0 Å². The van der Waals surface area contributed by atoms with Gasteiger partial charge in [-0.15, -0.1) is 5.10 Å². The second kappa shape index (κ2) is 4.14. The molecule has 2 rings (SSSR count). The number of anilines is 1. The Morgan fingerprint density at radius 2 is 2.00 bits per heavy atom. The normalized spacial score (nSPS) is 10.1. The Labute approximate surface area is 93.1 Å². The standard InChI is InChI=1S/C11H12N4O/c1-8-7-12-14-15(8)11-5-3-10(4-6-11)13-9(2)16/h3-7H,1-2H3,(H,13,16).